The number of aryl methyl sites for hydroxylation is 2. The summed E-state index contributed by atoms with van der Waals surface area (Å²) in [6.45, 7) is 7.20. The van der Waals surface area contributed by atoms with Crippen LogP contribution in [0.15, 0.2) is 60.8 Å². The van der Waals surface area contributed by atoms with E-state index in [1.807, 2.05) is 50.2 Å². The number of aromatic nitrogens is 2. The number of carbonyl (C=O) groups is 1. The van der Waals surface area contributed by atoms with E-state index in [1.54, 1.807) is 17.2 Å². The van der Waals surface area contributed by atoms with Gasteiger partial charge in [-0.25, -0.2) is 9.97 Å². The van der Waals surface area contributed by atoms with E-state index in [-0.39, 0.29) is 5.91 Å². The molecule has 0 radical (unpaired) electrons. The zero-order valence-corrected chi connectivity index (χ0v) is 15.9. The zero-order chi connectivity index (χ0) is 19.2. The first-order chi connectivity index (χ1) is 13.1. The van der Waals surface area contributed by atoms with Gasteiger partial charge in [-0.1, -0.05) is 42.0 Å². The van der Waals surface area contributed by atoms with Crippen LogP contribution in [0.4, 0.5) is 11.6 Å². The van der Waals surface area contributed by atoms with Gasteiger partial charge in [0.25, 0.3) is 5.91 Å². The molecule has 0 spiro atoms. The minimum absolute atomic E-state index is 0.135. The fourth-order valence-electron chi connectivity index (χ4n) is 2.94. The molecule has 138 valence electrons. The van der Waals surface area contributed by atoms with Gasteiger partial charge in [0, 0.05) is 25.0 Å². The number of rotatable bonds is 6. The van der Waals surface area contributed by atoms with Crippen LogP contribution < -0.4 is 10.2 Å². The van der Waals surface area contributed by atoms with Gasteiger partial charge in [-0.3, -0.25) is 4.79 Å². The molecule has 1 N–H and O–H groups in total. The highest BCUT2D eigenvalue weighted by Crippen LogP contribution is 2.18. The lowest BCUT2D eigenvalue weighted by Crippen LogP contribution is -2.31. The maximum absolute atomic E-state index is 13.0. The van der Waals surface area contributed by atoms with Crippen LogP contribution in [0.1, 0.15) is 34.1 Å². The topological polar surface area (TPSA) is 58.1 Å². The van der Waals surface area contributed by atoms with Crippen LogP contribution in [-0.4, -0.2) is 22.4 Å². The average molecular weight is 360 g/mol. The molecule has 1 amide bonds. The Labute approximate surface area is 160 Å². The number of amides is 1. The van der Waals surface area contributed by atoms with Crippen LogP contribution in [0, 0.1) is 13.8 Å². The number of benzene rings is 2. The third-order valence-electron chi connectivity index (χ3n) is 4.28. The van der Waals surface area contributed by atoms with Crippen LogP contribution >= 0.6 is 0 Å². The molecule has 3 rings (SSSR count). The normalized spacial score (nSPS) is 10.5. The fourth-order valence-corrected chi connectivity index (χ4v) is 2.94. The van der Waals surface area contributed by atoms with E-state index in [0.717, 1.165) is 16.8 Å². The van der Waals surface area contributed by atoms with Crippen molar-refractivity contribution in [1.82, 2.24) is 9.97 Å². The number of nitrogens with one attached hydrogen (secondary N) is 1. The second-order valence-corrected chi connectivity index (χ2v) is 6.50. The Balaban J connectivity index is 1.76. The molecule has 0 atom stereocenters. The Hall–Kier alpha value is -3.21. The van der Waals surface area contributed by atoms with E-state index in [2.05, 4.69) is 34.3 Å². The molecule has 2 aromatic carbocycles. The van der Waals surface area contributed by atoms with Gasteiger partial charge in [0.05, 0.1) is 0 Å². The van der Waals surface area contributed by atoms with Crippen molar-refractivity contribution in [2.75, 3.05) is 16.8 Å². The van der Waals surface area contributed by atoms with Crippen LogP contribution in [0.5, 0.6) is 0 Å². The summed E-state index contributed by atoms with van der Waals surface area (Å²) in [7, 11) is 0. The van der Waals surface area contributed by atoms with Crippen molar-refractivity contribution >= 4 is 17.5 Å². The predicted molar refractivity (Wildman–Crippen MR) is 109 cm³/mol. The smallest absolute Gasteiger partial charge is 0.277 e. The van der Waals surface area contributed by atoms with Crippen LogP contribution in [0.2, 0.25) is 0 Å². The number of hydrogen-bond acceptors (Lipinski definition) is 4. The van der Waals surface area contributed by atoms with E-state index in [9.17, 15) is 4.79 Å². The maximum Gasteiger partial charge on any atom is 0.277 e. The molecule has 0 aliphatic heterocycles. The molecule has 0 aliphatic carbocycles. The largest absolute Gasteiger partial charge is 0.350 e. The molecule has 0 bridgehead atoms. The SMILES string of the molecule is CCN(C(=O)c1ccnc(NCc2cccc(C)c2)n1)c1cccc(C)c1. The molecule has 27 heavy (non-hydrogen) atoms. The second-order valence-electron chi connectivity index (χ2n) is 6.50. The molecule has 5 nitrogen and oxygen atoms in total. The quantitative estimate of drug-likeness (QED) is 0.709. The van der Waals surface area contributed by atoms with Gasteiger partial charge in [-0.2, -0.15) is 0 Å². The van der Waals surface area contributed by atoms with Gasteiger partial charge in [0.2, 0.25) is 5.95 Å². The molecular formula is C22H24N4O. The lowest BCUT2D eigenvalue weighted by Gasteiger charge is -2.21. The molecule has 0 fully saturated rings. The molecular weight excluding hydrogens is 336 g/mol. The molecule has 0 aliphatic rings. The van der Waals surface area contributed by atoms with Crippen molar-refractivity contribution in [3.8, 4) is 0 Å². The molecule has 1 heterocycles. The van der Waals surface area contributed by atoms with E-state index < -0.39 is 0 Å². The van der Waals surface area contributed by atoms with Crippen LogP contribution in [0.3, 0.4) is 0 Å². The first-order valence-corrected chi connectivity index (χ1v) is 9.08. The summed E-state index contributed by atoms with van der Waals surface area (Å²) in [4.78, 5) is 23.3. The van der Waals surface area contributed by atoms with Gasteiger partial charge in [-0.15, -0.1) is 0 Å². The van der Waals surface area contributed by atoms with Gasteiger partial charge in [0.1, 0.15) is 5.69 Å². The van der Waals surface area contributed by atoms with Gasteiger partial charge < -0.3 is 10.2 Å². The highest BCUT2D eigenvalue weighted by molar-refractivity contribution is 6.04. The van der Waals surface area contributed by atoms with Gasteiger partial charge >= 0.3 is 0 Å². The molecule has 1 aromatic heterocycles. The first-order valence-electron chi connectivity index (χ1n) is 9.08. The van der Waals surface area contributed by atoms with E-state index >= 15 is 0 Å². The van der Waals surface area contributed by atoms with Crippen molar-refractivity contribution < 1.29 is 4.79 Å². The average Bonchev–Trinajstić information content (AvgIpc) is 2.67. The highest BCUT2D eigenvalue weighted by Gasteiger charge is 2.18. The fraction of sp³-hybridized carbons (Fsp3) is 0.227. The Morgan fingerprint density at radius 3 is 2.48 bits per heavy atom. The summed E-state index contributed by atoms with van der Waals surface area (Å²) in [5, 5.41) is 3.20. The summed E-state index contributed by atoms with van der Waals surface area (Å²) >= 11 is 0. The second kappa shape index (κ2) is 8.45. The monoisotopic (exact) mass is 360 g/mol. The van der Waals surface area contributed by atoms with Crippen LogP contribution in [0.25, 0.3) is 0 Å². The number of anilines is 2. The van der Waals surface area contributed by atoms with E-state index in [1.165, 1.54) is 5.56 Å². The molecule has 0 unspecified atom stereocenters. The number of carbonyl (C=O) groups excluding carboxylic acids is 1. The molecule has 5 heteroatoms. The van der Waals surface area contributed by atoms with Crippen molar-refractivity contribution in [3.63, 3.8) is 0 Å². The third kappa shape index (κ3) is 4.70. The molecule has 0 saturated heterocycles. The van der Waals surface area contributed by atoms with Gasteiger partial charge in [-0.05, 0) is 50.1 Å². The van der Waals surface area contributed by atoms with Crippen molar-refractivity contribution in [2.45, 2.75) is 27.3 Å². The minimum Gasteiger partial charge on any atom is -0.350 e. The standard InChI is InChI=1S/C22H24N4O/c1-4-26(19-10-6-8-17(3)14-19)21(27)20-11-12-23-22(25-20)24-15-18-9-5-7-16(2)13-18/h5-14H,4,15H2,1-3H3,(H,23,24,25). The molecule has 0 saturated carbocycles. The lowest BCUT2D eigenvalue weighted by molar-refractivity contribution is 0.0983. The van der Waals surface area contributed by atoms with E-state index in [0.29, 0.717) is 24.7 Å². The Bertz CT molecular complexity index is 939. The summed E-state index contributed by atoms with van der Waals surface area (Å²) in [6.07, 6.45) is 1.61. The summed E-state index contributed by atoms with van der Waals surface area (Å²) in [5.74, 6) is 0.312. The van der Waals surface area contributed by atoms with Crippen LogP contribution in [-0.2, 0) is 6.54 Å². The number of nitrogens with zero attached hydrogens (tertiary/aromatic N) is 3. The highest BCUT2D eigenvalue weighted by atomic mass is 16.2. The van der Waals surface area contributed by atoms with Gasteiger partial charge in [0.15, 0.2) is 0 Å². The summed E-state index contributed by atoms with van der Waals surface area (Å²) < 4.78 is 0. The minimum atomic E-state index is -0.135. The number of hydrogen-bond donors (Lipinski definition) is 1. The Kier molecular flexibility index (Phi) is 5.81. The Morgan fingerprint density at radius 1 is 1.04 bits per heavy atom. The lowest BCUT2D eigenvalue weighted by atomic mass is 10.1. The van der Waals surface area contributed by atoms with E-state index in [4.69, 9.17) is 0 Å². The first kappa shape index (κ1) is 18.6. The third-order valence-corrected chi connectivity index (χ3v) is 4.28. The van der Waals surface area contributed by atoms with Crippen molar-refractivity contribution in [1.29, 1.82) is 0 Å². The van der Waals surface area contributed by atoms with Crippen molar-refractivity contribution in [3.05, 3.63) is 83.2 Å². The zero-order valence-electron chi connectivity index (χ0n) is 15.9. The summed E-state index contributed by atoms with van der Waals surface area (Å²) in [6, 6.07) is 17.8. The van der Waals surface area contributed by atoms with Crippen molar-refractivity contribution in [2.24, 2.45) is 0 Å². The molecule has 3 aromatic rings. The summed E-state index contributed by atoms with van der Waals surface area (Å²) in [5.41, 5.74) is 4.71. The predicted octanol–water partition coefficient (Wildman–Crippen LogP) is 4.37. The maximum atomic E-state index is 13.0. The Morgan fingerprint density at radius 2 is 1.78 bits per heavy atom.